The standard InChI is InChI=1S/C22H22Cl2N4O3/c23-16-3-1-15(2-4-16)14-25-20(29)19-13-22(31-27-19)9-11-28(12-10-22)21(30)26-18-7-5-17(24)6-8-18/h1-8H,9-14H2,(H,25,29)(H,26,30). The Kier molecular flexibility index (Phi) is 6.34. The van der Waals surface area contributed by atoms with Crippen molar-refractivity contribution < 1.29 is 14.4 Å². The second kappa shape index (κ2) is 9.16. The van der Waals surface area contributed by atoms with E-state index in [4.69, 9.17) is 28.0 Å². The van der Waals surface area contributed by atoms with Gasteiger partial charge in [0.25, 0.3) is 5.91 Å². The van der Waals surface area contributed by atoms with Crippen molar-refractivity contribution >= 4 is 46.5 Å². The Morgan fingerprint density at radius 3 is 2.26 bits per heavy atom. The third-order valence-corrected chi connectivity index (χ3v) is 6.03. The minimum absolute atomic E-state index is 0.169. The molecule has 0 saturated carbocycles. The molecular weight excluding hydrogens is 439 g/mol. The smallest absolute Gasteiger partial charge is 0.321 e. The van der Waals surface area contributed by atoms with Crippen molar-refractivity contribution in [3.8, 4) is 0 Å². The Bertz CT molecular complexity index is 985. The van der Waals surface area contributed by atoms with Crippen LogP contribution < -0.4 is 10.6 Å². The fourth-order valence-corrected chi connectivity index (χ4v) is 3.90. The van der Waals surface area contributed by atoms with E-state index in [1.54, 1.807) is 41.3 Å². The highest BCUT2D eigenvalue weighted by atomic mass is 35.5. The molecule has 162 valence electrons. The molecule has 31 heavy (non-hydrogen) atoms. The number of nitrogens with one attached hydrogen (secondary N) is 2. The summed E-state index contributed by atoms with van der Waals surface area (Å²) >= 11 is 11.8. The van der Waals surface area contributed by atoms with Crippen LogP contribution in [0.15, 0.2) is 53.7 Å². The maximum atomic E-state index is 12.5. The van der Waals surface area contributed by atoms with Crippen molar-refractivity contribution in [2.45, 2.75) is 31.4 Å². The van der Waals surface area contributed by atoms with E-state index in [-0.39, 0.29) is 11.9 Å². The number of anilines is 1. The minimum atomic E-state index is -0.524. The number of benzene rings is 2. The summed E-state index contributed by atoms with van der Waals surface area (Å²) in [6.07, 6.45) is 1.66. The van der Waals surface area contributed by atoms with Gasteiger partial charge in [-0.3, -0.25) is 4.79 Å². The van der Waals surface area contributed by atoms with Crippen LogP contribution in [0, 0.1) is 0 Å². The fourth-order valence-electron chi connectivity index (χ4n) is 3.65. The number of halogens is 2. The molecule has 1 spiro atoms. The second-order valence-electron chi connectivity index (χ2n) is 7.72. The van der Waals surface area contributed by atoms with Gasteiger partial charge >= 0.3 is 6.03 Å². The molecule has 2 aliphatic rings. The molecule has 1 saturated heterocycles. The van der Waals surface area contributed by atoms with E-state index >= 15 is 0 Å². The first-order valence-electron chi connectivity index (χ1n) is 10.0. The summed E-state index contributed by atoms with van der Waals surface area (Å²) in [6, 6.07) is 14.1. The molecule has 0 radical (unpaired) electrons. The first kappa shape index (κ1) is 21.5. The molecule has 4 rings (SSSR count). The molecule has 9 heteroatoms. The number of rotatable bonds is 4. The van der Waals surface area contributed by atoms with Gasteiger partial charge in [0.15, 0.2) is 0 Å². The zero-order valence-electron chi connectivity index (χ0n) is 16.7. The minimum Gasteiger partial charge on any atom is -0.388 e. The fraction of sp³-hybridized carbons (Fsp3) is 0.318. The molecular formula is C22H22Cl2N4O3. The summed E-state index contributed by atoms with van der Waals surface area (Å²) in [5.74, 6) is -0.241. The Hall–Kier alpha value is -2.77. The largest absolute Gasteiger partial charge is 0.388 e. The topological polar surface area (TPSA) is 83.0 Å². The molecule has 7 nitrogen and oxygen atoms in total. The van der Waals surface area contributed by atoms with E-state index in [0.29, 0.717) is 60.3 Å². The van der Waals surface area contributed by atoms with Gasteiger partial charge in [0.1, 0.15) is 11.3 Å². The van der Waals surface area contributed by atoms with Crippen LogP contribution in [0.1, 0.15) is 24.8 Å². The summed E-state index contributed by atoms with van der Waals surface area (Å²) in [4.78, 5) is 32.4. The molecule has 0 bridgehead atoms. The van der Waals surface area contributed by atoms with Gasteiger partial charge in [0, 0.05) is 54.6 Å². The maximum Gasteiger partial charge on any atom is 0.321 e. The first-order chi connectivity index (χ1) is 14.9. The number of hydrogen-bond acceptors (Lipinski definition) is 4. The number of nitrogens with zero attached hydrogens (tertiary/aromatic N) is 2. The summed E-state index contributed by atoms with van der Waals surface area (Å²) in [5.41, 5.74) is 1.50. The van der Waals surface area contributed by atoms with Crippen molar-refractivity contribution in [3.05, 3.63) is 64.1 Å². The third-order valence-electron chi connectivity index (χ3n) is 5.52. The van der Waals surface area contributed by atoms with Crippen LogP contribution in [0.5, 0.6) is 0 Å². The molecule has 2 aromatic rings. The summed E-state index contributed by atoms with van der Waals surface area (Å²) in [6.45, 7) is 1.43. The monoisotopic (exact) mass is 460 g/mol. The molecule has 0 aromatic heterocycles. The third kappa shape index (κ3) is 5.29. The van der Waals surface area contributed by atoms with Crippen LogP contribution in [-0.2, 0) is 16.2 Å². The number of oxime groups is 1. The van der Waals surface area contributed by atoms with Crippen LogP contribution in [0.25, 0.3) is 0 Å². The number of piperidine rings is 1. The van der Waals surface area contributed by atoms with Gasteiger partial charge in [-0.2, -0.15) is 0 Å². The predicted molar refractivity (Wildman–Crippen MR) is 120 cm³/mol. The Morgan fingerprint density at radius 2 is 1.61 bits per heavy atom. The average Bonchev–Trinajstić information content (AvgIpc) is 3.19. The van der Waals surface area contributed by atoms with Crippen molar-refractivity contribution in [1.82, 2.24) is 10.2 Å². The molecule has 2 N–H and O–H groups in total. The van der Waals surface area contributed by atoms with E-state index in [1.807, 2.05) is 12.1 Å². The van der Waals surface area contributed by atoms with Gasteiger partial charge < -0.3 is 20.4 Å². The van der Waals surface area contributed by atoms with Crippen LogP contribution in [0.3, 0.4) is 0 Å². The first-order valence-corrected chi connectivity index (χ1v) is 10.8. The SMILES string of the molecule is O=C(NCc1ccc(Cl)cc1)C1=NOC2(CCN(C(=O)Nc3ccc(Cl)cc3)CC2)C1. The van der Waals surface area contributed by atoms with Crippen LogP contribution in [0.2, 0.25) is 10.0 Å². The average molecular weight is 461 g/mol. The van der Waals surface area contributed by atoms with E-state index in [9.17, 15) is 9.59 Å². The lowest BCUT2D eigenvalue weighted by molar-refractivity contribution is -0.115. The molecule has 0 aliphatic carbocycles. The lowest BCUT2D eigenvalue weighted by atomic mass is 9.87. The van der Waals surface area contributed by atoms with E-state index in [2.05, 4.69) is 15.8 Å². The highest BCUT2D eigenvalue weighted by molar-refractivity contribution is 6.39. The molecule has 0 unspecified atom stereocenters. The number of hydrogen-bond donors (Lipinski definition) is 2. The quantitative estimate of drug-likeness (QED) is 0.706. The van der Waals surface area contributed by atoms with Gasteiger partial charge in [-0.15, -0.1) is 0 Å². The molecule has 2 heterocycles. The number of urea groups is 1. The van der Waals surface area contributed by atoms with Crippen LogP contribution in [-0.4, -0.2) is 41.2 Å². The summed E-state index contributed by atoms with van der Waals surface area (Å²) in [7, 11) is 0. The van der Waals surface area contributed by atoms with Crippen LogP contribution >= 0.6 is 23.2 Å². The van der Waals surface area contributed by atoms with Crippen molar-refractivity contribution in [3.63, 3.8) is 0 Å². The van der Waals surface area contributed by atoms with Gasteiger partial charge in [0.2, 0.25) is 0 Å². The molecule has 0 atom stereocenters. The van der Waals surface area contributed by atoms with E-state index in [1.165, 1.54) is 0 Å². The number of carbonyl (C=O) groups is 2. The lowest BCUT2D eigenvalue weighted by Gasteiger charge is -2.37. The predicted octanol–water partition coefficient (Wildman–Crippen LogP) is 4.45. The number of likely N-dealkylation sites (tertiary alicyclic amines) is 1. The van der Waals surface area contributed by atoms with Gasteiger partial charge in [-0.1, -0.05) is 40.5 Å². The summed E-state index contributed by atoms with van der Waals surface area (Å²) in [5, 5.41) is 11.0. The maximum absolute atomic E-state index is 12.5. The second-order valence-corrected chi connectivity index (χ2v) is 8.60. The van der Waals surface area contributed by atoms with Gasteiger partial charge in [0.05, 0.1) is 0 Å². The highest BCUT2D eigenvalue weighted by Gasteiger charge is 2.44. The normalized spacial score (nSPS) is 17.1. The zero-order valence-corrected chi connectivity index (χ0v) is 18.2. The Balaban J connectivity index is 1.25. The van der Waals surface area contributed by atoms with Crippen molar-refractivity contribution in [2.24, 2.45) is 5.16 Å². The van der Waals surface area contributed by atoms with Gasteiger partial charge in [-0.25, -0.2) is 4.79 Å². The molecule has 1 fully saturated rings. The molecule has 2 aliphatic heterocycles. The number of carbonyl (C=O) groups excluding carboxylic acids is 2. The summed E-state index contributed by atoms with van der Waals surface area (Å²) < 4.78 is 0. The van der Waals surface area contributed by atoms with E-state index < -0.39 is 5.60 Å². The van der Waals surface area contributed by atoms with Crippen LogP contribution in [0.4, 0.5) is 10.5 Å². The Labute approximate surface area is 190 Å². The zero-order chi connectivity index (χ0) is 21.8. The lowest BCUT2D eigenvalue weighted by Crippen LogP contribution is -2.48. The van der Waals surface area contributed by atoms with Gasteiger partial charge in [-0.05, 0) is 42.0 Å². The van der Waals surface area contributed by atoms with Crippen molar-refractivity contribution in [1.29, 1.82) is 0 Å². The Morgan fingerprint density at radius 1 is 1.00 bits per heavy atom. The number of amides is 3. The molecule has 3 amide bonds. The van der Waals surface area contributed by atoms with E-state index in [0.717, 1.165) is 5.56 Å². The van der Waals surface area contributed by atoms with Crippen molar-refractivity contribution in [2.75, 3.05) is 18.4 Å². The highest BCUT2D eigenvalue weighted by Crippen LogP contribution is 2.35. The molecule has 2 aromatic carbocycles.